The number of aromatic nitrogens is 2. The number of ether oxygens (including phenoxy) is 1. The van der Waals surface area contributed by atoms with Crippen molar-refractivity contribution in [3.8, 4) is 0 Å². The molecule has 0 aliphatic carbocycles. The number of hydrogen-bond acceptors (Lipinski definition) is 7. The molecule has 0 fully saturated rings. The minimum atomic E-state index is -0.380. The summed E-state index contributed by atoms with van der Waals surface area (Å²) < 4.78 is 5.44. The summed E-state index contributed by atoms with van der Waals surface area (Å²) in [6.07, 6.45) is 3.50. The Bertz CT molecular complexity index is 1230. The summed E-state index contributed by atoms with van der Waals surface area (Å²) in [7, 11) is 0. The Hall–Kier alpha value is -2.87. The van der Waals surface area contributed by atoms with Crippen molar-refractivity contribution in [2.24, 2.45) is 4.99 Å². The molecule has 0 saturated carbocycles. The second kappa shape index (κ2) is 11.7. The molecule has 3 heterocycles. The van der Waals surface area contributed by atoms with Gasteiger partial charge in [-0.1, -0.05) is 77.4 Å². The summed E-state index contributed by atoms with van der Waals surface area (Å²) in [5.41, 5.74) is 4.10. The Labute approximate surface area is 219 Å². The highest BCUT2D eigenvalue weighted by atomic mass is 35.5. The monoisotopic (exact) mass is 526 g/mol. The number of halogens is 2. The van der Waals surface area contributed by atoms with Crippen LogP contribution >= 0.6 is 35.0 Å². The largest absolute Gasteiger partial charge is 0.463 e. The van der Waals surface area contributed by atoms with Gasteiger partial charge in [-0.15, -0.1) is 0 Å². The summed E-state index contributed by atoms with van der Waals surface area (Å²) in [5.74, 6) is 0.273. The number of amidine groups is 1. The first-order valence-corrected chi connectivity index (χ1v) is 12.8. The fourth-order valence-corrected chi connectivity index (χ4v) is 5.02. The van der Waals surface area contributed by atoms with Crippen LogP contribution in [0.2, 0.25) is 10.3 Å². The number of nitrogens with zero attached hydrogens (tertiary/aromatic N) is 4. The van der Waals surface area contributed by atoms with Gasteiger partial charge in [0.25, 0.3) is 0 Å². The van der Waals surface area contributed by atoms with Gasteiger partial charge in [0.2, 0.25) is 0 Å². The van der Waals surface area contributed by atoms with Crippen molar-refractivity contribution in [1.82, 2.24) is 14.9 Å². The number of carbonyl (C=O) groups is 1. The van der Waals surface area contributed by atoms with Gasteiger partial charge < -0.3 is 9.64 Å². The van der Waals surface area contributed by atoms with Crippen molar-refractivity contribution in [3.63, 3.8) is 0 Å². The normalized spacial score (nSPS) is 15.7. The first-order valence-electron chi connectivity index (χ1n) is 11.1. The molecule has 2 aromatic heterocycles. The molecule has 1 atom stereocenters. The molecule has 4 rings (SSSR count). The van der Waals surface area contributed by atoms with Gasteiger partial charge in [-0.05, 0) is 42.7 Å². The molecular formula is C26H24Cl2N4O2S. The Morgan fingerprint density at radius 2 is 1.66 bits per heavy atom. The number of thioether (sulfide) groups is 1. The molecule has 0 spiro atoms. The number of carbonyl (C=O) groups excluding carboxylic acids is 1. The Kier molecular flexibility index (Phi) is 8.44. The van der Waals surface area contributed by atoms with E-state index in [4.69, 9.17) is 32.9 Å². The number of hydrogen-bond donors (Lipinski definition) is 0. The lowest BCUT2D eigenvalue weighted by molar-refractivity contribution is -0.139. The van der Waals surface area contributed by atoms with Crippen molar-refractivity contribution in [2.75, 3.05) is 6.61 Å². The van der Waals surface area contributed by atoms with Crippen LogP contribution in [0.15, 0.2) is 83.3 Å². The van der Waals surface area contributed by atoms with Crippen LogP contribution < -0.4 is 0 Å². The highest BCUT2D eigenvalue weighted by Crippen LogP contribution is 2.39. The topological polar surface area (TPSA) is 67.7 Å². The van der Waals surface area contributed by atoms with E-state index in [1.807, 2.05) is 49.4 Å². The standard InChI is InChI=1S/C26H24Cl2N4O2S/c1-3-34-25(33)23-17(2)31-26(35-16-19-10-12-22(28)30-14-19)32(15-18-9-11-21(27)29-13-18)24(23)20-7-5-4-6-8-20/h4-14,24H,3,15-16H2,1-2H3. The van der Waals surface area contributed by atoms with E-state index < -0.39 is 0 Å². The third kappa shape index (κ3) is 6.23. The van der Waals surface area contributed by atoms with Crippen LogP contribution in [0.5, 0.6) is 0 Å². The maximum Gasteiger partial charge on any atom is 0.338 e. The first-order chi connectivity index (χ1) is 17.0. The molecule has 1 aliphatic rings. The molecule has 0 saturated heterocycles. The second-order valence-electron chi connectivity index (χ2n) is 7.82. The average molecular weight is 527 g/mol. The maximum absolute atomic E-state index is 13.1. The van der Waals surface area contributed by atoms with Gasteiger partial charge in [0.05, 0.1) is 23.9 Å². The van der Waals surface area contributed by atoms with Crippen LogP contribution in [0.4, 0.5) is 0 Å². The van der Waals surface area contributed by atoms with E-state index in [9.17, 15) is 4.79 Å². The van der Waals surface area contributed by atoms with Gasteiger partial charge in [0, 0.05) is 24.7 Å². The van der Waals surface area contributed by atoms with Crippen molar-refractivity contribution in [3.05, 3.63) is 105 Å². The van der Waals surface area contributed by atoms with Crippen molar-refractivity contribution in [2.45, 2.75) is 32.2 Å². The van der Waals surface area contributed by atoms with Gasteiger partial charge >= 0.3 is 5.97 Å². The predicted molar refractivity (Wildman–Crippen MR) is 141 cm³/mol. The Balaban J connectivity index is 1.76. The Morgan fingerprint density at radius 3 is 2.26 bits per heavy atom. The van der Waals surface area contributed by atoms with Gasteiger partial charge in [0.15, 0.2) is 5.17 Å². The zero-order valence-electron chi connectivity index (χ0n) is 19.3. The average Bonchev–Trinajstić information content (AvgIpc) is 2.86. The number of allylic oxidation sites excluding steroid dienone is 1. The molecular weight excluding hydrogens is 503 g/mol. The molecule has 6 nitrogen and oxygen atoms in total. The zero-order chi connectivity index (χ0) is 24.8. The summed E-state index contributed by atoms with van der Waals surface area (Å²) in [6.45, 7) is 4.42. The van der Waals surface area contributed by atoms with Crippen LogP contribution in [-0.2, 0) is 21.8 Å². The third-order valence-electron chi connectivity index (χ3n) is 5.39. The van der Waals surface area contributed by atoms with Crippen LogP contribution in [-0.4, -0.2) is 32.6 Å². The maximum atomic E-state index is 13.1. The molecule has 1 unspecified atom stereocenters. The summed E-state index contributed by atoms with van der Waals surface area (Å²) in [4.78, 5) is 28.5. The highest BCUT2D eigenvalue weighted by Gasteiger charge is 2.36. The minimum absolute atomic E-state index is 0.285. The first kappa shape index (κ1) is 25.2. The van der Waals surface area contributed by atoms with E-state index in [2.05, 4.69) is 14.9 Å². The zero-order valence-corrected chi connectivity index (χ0v) is 21.6. The van der Waals surface area contributed by atoms with Gasteiger partial charge in [0.1, 0.15) is 10.3 Å². The van der Waals surface area contributed by atoms with Crippen molar-refractivity contribution >= 4 is 46.1 Å². The Morgan fingerprint density at radius 1 is 1.00 bits per heavy atom. The van der Waals surface area contributed by atoms with Crippen LogP contribution in [0.3, 0.4) is 0 Å². The lowest BCUT2D eigenvalue weighted by Gasteiger charge is -2.38. The number of pyridine rings is 2. The van der Waals surface area contributed by atoms with Crippen LogP contribution in [0, 0.1) is 0 Å². The molecule has 0 amide bonds. The highest BCUT2D eigenvalue weighted by molar-refractivity contribution is 8.13. The summed E-state index contributed by atoms with van der Waals surface area (Å²) in [5, 5.41) is 1.66. The predicted octanol–water partition coefficient (Wildman–Crippen LogP) is 6.47. The molecule has 9 heteroatoms. The minimum Gasteiger partial charge on any atom is -0.463 e. The third-order valence-corrected chi connectivity index (χ3v) is 6.90. The molecule has 0 bridgehead atoms. The van der Waals surface area contributed by atoms with E-state index in [0.717, 1.165) is 21.9 Å². The number of aliphatic imine (C=N–C) groups is 1. The number of rotatable bonds is 7. The summed E-state index contributed by atoms with van der Waals surface area (Å²) in [6, 6.07) is 16.9. The van der Waals surface area contributed by atoms with E-state index >= 15 is 0 Å². The number of benzene rings is 1. The van der Waals surface area contributed by atoms with Gasteiger partial charge in [-0.3, -0.25) is 0 Å². The smallest absolute Gasteiger partial charge is 0.338 e. The molecule has 1 aromatic carbocycles. The summed E-state index contributed by atoms with van der Waals surface area (Å²) >= 11 is 13.5. The van der Waals surface area contributed by atoms with E-state index in [0.29, 0.717) is 33.9 Å². The lowest BCUT2D eigenvalue weighted by Crippen LogP contribution is -2.39. The molecule has 180 valence electrons. The molecule has 1 aliphatic heterocycles. The van der Waals surface area contributed by atoms with E-state index in [-0.39, 0.29) is 18.6 Å². The van der Waals surface area contributed by atoms with Crippen LogP contribution in [0.25, 0.3) is 0 Å². The van der Waals surface area contributed by atoms with Gasteiger partial charge in [-0.2, -0.15) is 0 Å². The SMILES string of the molecule is CCOC(=O)C1=C(C)N=C(SCc2ccc(Cl)nc2)N(Cc2ccc(Cl)nc2)C1c1ccccc1. The molecule has 0 radical (unpaired) electrons. The number of esters is 1. The van der Waals surface area contributed by atoms with Crippen LogP contribution in [0.1, 0.15) is 36.6 Å². The molecule has 0 N–H and O–H groups in total. The van der Waals surface area contributed by atoms with Gasteiger partial charge in [-0.25, -0.2) is 19.8 Å². The molecule has 35 heavy (non-hydrogen) atoms. The fraction of sp³-hybridized carbons (Fsp3) is 0.231. The molecule has 3 aromatic rings. The quantitative estimate of drug-likeness (QED) is 0.259. The fourth-order valence-electron chi connectivity index (χ4n) is 3.79. The van der Waals surface area contributed by atoms with E-state index in [1.54, 1.807) is 43.2 Å². The van der Waals surface area contributed by atoms with Crippen molar-refractivity contribution in [1.29, 1.82) is 0 Å². The van der Waals surface area contributed by atoms with E-state index in [1.165, 1.54) is 0 Å². The van der Waals surface area contributed by atoms with Crippen molar-refractivity contribution < 1.29 is 9.53 Å². The lowest BCUT2D eigenvalue weighted by atomic mass is 9.94. The second-order valence-corrected chi connectivity index (χ2v) is 9.54.